The van der Waals surface area contributed by atoms with Crippen LogP contribution in [0.5, 0.6) is 0 Å². The fourth-order valence-electron chi connectivity index (χ4n) is 1.40. The van der Waals surface area contributed by atoms with Gasteiger partial charge in [-0.05, 0) is 19.8 Å². The molecule has 0 aromatic heterocycles. The van der Waals surface area contributed by atoms with Crippen molar-refractivity contribution in [2.45, 2.75) is 31.8 Å². The Kier molecular flexibility index (Phi) is 18.2. The molecule has 0 rings (SSSR count). The normalized spacial score (nSPS) is 13.0. The summed E-state index contributed by atoms with van der Waals surface area (Å²) in [4.78, 5) is 18.9. The van der Waals surface area contributed by atoms with E-state index in [-0.39, 0.29) is 13.0 Å². The van der Waals surface area contributed by atoms with Crippen molar-refractivity contribution in [3.63, 3.8) is 0 Å². The molecule has 0 aliphatic heterocycles. The Morgan fingerprint density at radius 2 is 1.67 bits per heavy atom. The Labute approximate surface area is 160 Å². The summed E-state index contributed by atoms with van der Waals surface area (Å²) in [7, 11) is -5.89. The second-order valence-electron chi connectivity index (χ2n) is 4.42. The Hall–Kier alpha value is -0.780. The summed E-state index contributed by atoms with van der Waals surface area (Å²) in [6.45, 7) is 2.56. The molecule has 0 aromatic carbocycles. The number of aliphatic carboxylic acids is 1. The minimum absolute atomic E-state index is 0.186. The van der Waals surface area contributed by atoms with Crippen LogP contribution in [0.2, 0.25) is 0 Å². The fourth-order valence-corrected chi connectivity index (χ4v) is 3.51. The molecule has 0 aromatic rings. The van der Waals surface area contributed by atoms with Gasteiger partial charge in [-0.15, -0.1) is 30.8 Å². The van der Waals surface area contributed by atoms with Gasteiger partial charge in [-0.25, -0.2) is 0 Å². The van der Waals surface area contributed by atoms with Gasteiger partial charge in [0.2, 0.25) is 0 Å². The Bertz CT molecular complexity index is 538. The smallest absolute Gasteiger partial charge is 0.481 e. The van der Waals surface area contributed by atoms with E-state index in [0.29, 0.717) is 26.1 Å². The maximum absolute atomic E-state index is 11.6. The second kappa shape index (κ2) is 17.3. The lowest BCUT2D eigenvalue weighted by Crippen LogP contribution is -2.21. The molecular weight excluding hydrogens is 425 g/mol. The van der Waals surface area contributed by atoms with E-state index in [4.69, 9.17) is 20.9 Å². The average molecular weight is 450 g/mol. The van der Waals surface area contributed by atoms with Crippen LogP contribution in [0.3, 0.4) is 0 Å². The van der Waals surface area contributed by atoms with Crippen molar-refractivity contribution in [3.8, 4) is 12.3 Å². The van der Waals surface area contributed by atoms with Crippen molar-refractivity contribution in [1.29, 1.82) is 0 Å². The topological polar surface area (TPSA) is 155 Å². The highest BCUT2D eigenvalue weighted by Gasteiger charge is 2.39. The summed E-state index contributed by atoms with van der Waals surface area (Å²) < 4.78 is 55.3. The molecule has 0 aliphatic rings. The van der Waals surface area contributed by atoms with Gasteiger partial charge in [-0.1, -0.05) is 0 Å². The van der Waals surface area contributed by atoms with Crippen molar-refractivity contribution in [1.82, 2.24) is 0 Å². The van der Waals surface area contributed by atoms with Gasteiger partial charge >= 0.3 is 30.1 Å². The number of rotatable bonds is 14. The molecule has 0 heterocycles. The maximum Gasteiger partial charge on any atom is 0.697 e. The lowest BCUT2D eigenvalue weighted by Gasteiger charge is -2.18. The lowest BCUT2D eigenvalue weighted by molar-refractivity contribution is -0.136. The first kappa shape index (κ1) is 28.4. The van der Waals surface area contributed by atoms with Crippen LogP contribution in [0.15, 0.2) is 0 Å². The fraction of sp³-hybridized carbons (Fsp3) is 0.769. The van der Waals surface area contributed by atoms with Gasteiger partial charge < -0.3 is 14.2 Å². The molecule has 27 heavy (non-hydrogen) atoms. The summed E-state index contributed by atoms with van der Waals surface area (Å²) in [5.41, 5.74) is -1.30. The SMILES string of the molecule is C#CCC(C(=O)O)P(=O)(OC)OC.CCO[P+](=O)OCCCCO[P+](=O)O. The lowest BCUT2D eigenvalue weighted by atomic mass is 10.3. The molecule has 3 unspecified atom stereocenters. The molecule has 0 spiro atoms. The molecule has 2 N–H and O–H groups in total. The minimum Gasteiger partial charge on any atom is -0.481 e. The maximum atomic E-state index is 11.6. The van der Waals surface area contributed by atoms with Crippen molar-refractivity contribution < 1.29 is 51.1 Å². The van der Waals surface area contributed by atoms with Crippen molar-refractivity contribution in [3.05, 3.63) is 0 Å². The van der Waals surface area contributed by atoms with Crippen molar-refractivity contribution >= 4 is 30.1 Å². The monoisotopic (exact) mass is 450 g/mol. The van der Waals surface area contributed by atoms with E-state index in [0.717, 1.165) is 14.2 Å². The molecule has 0 aliphatic carbocycles. The van der Waals surface area contributed by atoms with E-state index in [1.807, 2.05) is 0 Å². The largest absolute Gasteiger partial charge is 0.697 e. The average Bonchev–Trinajstić information content (AvgIpc) is 2.62. The van der Waals surface area contributed by atoms with Crippen LogP contribution in [0.4, 0.5) is 0 Å². The van der Waals surface area contributed by atoms with Gasteiger partial charge in [0.15, 0.2) is 5.66 Å². The quantitative estimate of drug-likeness (QED) is 0.228. The molecule has 0 saturated heterocycles. The molecule has 0 amide bonds. The molecule has 14 heteroatoms. The van der Waals surface area contributed by atoms with Crippen LogP contribution in [-0.2, 0) is 41.1 Å². The highest BCUT2D eigenvalue weighted by molar-refractivity contribution is 7.55. The third-order valence-electron chi connectivity index (χ3n) is 2.66. The third-order valence-corrected chi connectivity index (χ3v) is 6.11. The van der Waals surface area contributed by atoms with Gasteiger partial charge in [0.05, 0.1) is 0 Å². The first-order valence-corrected chi connectivity index (χ1v) is 11.4. The summed E-state index contributed by atoms with van der Waals surface area (Å²) >= 11 is 0. The summed E-state index contributed by atoms with van der Waals surface area (Å²) in [5, 5.41) is 8.67. The molecule has 0 fully saturated rings. The van der Waals surface area contributed by atoms with E-state index in [1.54, 1.807) is 6.92 Å². The first-order chi connectivity index (χ1) is 12.7. The molecule has 156 valence electrons. The van der Waals surface area contributed by atoms with Crippen LogP contribution in [0.1, 0.15) is 26.2 Å². The van der Waals surface area contributed by atoms with Gasteiger partial charge in [0, 0.05) is 29.8 Å². The third kappa shape index (κ3) is 14.9. The molecule has 0 bridgehead atoms. The zero-order valence-electron chi connectivity index (χ0n) is 15.3. The first-order valence-electron chi connectivity index (χ1n) is 7.58. The summed E-state index contributed by atoms with van der Waals surface area (Å²) in [6, 6.07) is 0. The predicted octanol–water partition coefficient (Wildman–Crippen LogP) is 3.09. The molecule has 3 atom stereocenters. The highest BCUT2D eigenvalue weighted by Crippen LogP contribution is 2.52. The van der Waals surface area contributed by atoms with Gasteiger partial charge in [-0.3, -0.25) is 9.36 Å². The number of hydrogen-bond donors (Lipinski definition) is 2. The van der Waals surface area contributed by atoms with Gasteiger partial charge in [0.25, 0.3) is 0 Å². The standard InChI is InChI=1S/C7H11O5P.C6H13O6P2/c1-4-5-6(7(8)9)13(10,11-2)12-3;1-2-10-14(9)12-6-4-3-5-11-13(7)8/h1,6H,5H2,2-3H3,(H,8,9);2-6H2,1H3/q;+1/p+1. The Morgan fingerprint density at radius 3 is 2.04 bits per heavy atom. The number of unbranched alkanes of at least 4 members (excludes halogenated alkanes) is 1. The number of carboxylic acid groups (broad SMARTS) is 1. The van der Waals surface area contributed by atoms with Crippen LogP contribution < -0.4 is 0 Å². The van der Waals surface area contributed by atoms with Crippen molar-refractivity contribution in [2.24, 2.45) is 0 Å². The van der Waals surface area contributed by atoms with Crippen LogP contribution in [0, 0.1) is 12.3 Å². The van der Waals surface area contributed by atoms with E-state index < -0.39 is 35.7 Å². The number of terminal acetylenes is 1. The van der Waals surface area contributed by atoms with E-state index in [2.05, 4.69) is 24.0 Å². The Balaban J connectivity index is 0. The van der Waals surface area contributed by atoms with Crippen molar-refractivity contribution in [2.75, 3.05) is 34.0 Å². The van der Waals surface area contributed by atoms with E-state index >= 15 is 0 Å². The van der Waals surface area contributed by atoms with Crippen LogP contribution in [-0.4, -0.2) is 55.7 Å². The van der Waals surface area contributed by atoms with E-state index in [9.17, 15) is 18.5 Å². The van der Waals surface area contributed by atoms with Crippen LogP contribution in [0.25, 0.3) is 0 Å². The number of carboxylic acids is 1. The molecule has 11 nitrogen and oxygen atoms in total. The minimum atomic E-state index is -3.61. The predicted molar refractivity (Wildman–Crippen MR) is 96.7 cm³/mol. The Morgan fingerprint density at radius 1 is 1.15 bits per heavy atom. The molecular formula is C13H25O11P3+2. The highest BCUT2D eigenvalue weighted by atomic mass is 31.2. The zero-order chi connectivity index (χ0) is 21.3. The van der Waals surface area contributed by atoms with Crippen LogP contribution >= 0.6 is 24.1 Å². The zero-order valence-corrected chi connectivity index (χ0v) is 18.0. The summed E-state index contributed by atoms with van der Waals surface area (Å²) in [5.74, 6) is 0.823. The second-order valence-corrected chi connectivity index (χ2v) is 8.55. The number of hydrogen-bond acceptors (Lipinski definition) is 9. The van der Waals surface area contributed by atoms with E-state index in [1.165, 1.54) is 0 Å². The molecule has 0 saturated carbocycles. The van der Waals surface area contributed by atoms with Gasteiger partial charge in [0.1, 0.15) is 19.8 Å². The van der Waals surface area contributed by atoms with Gasteiger partial charge in [-0.2, -0.15) is 0 Å². The number of carbonyl (C=O) groups is 1. The molecule has 0 radical (unpaired) electrons. The summed E-state index contributed by atoms with van der Waals surface area (Å²) in [6.07, 6.45) is 5.93.